The Morgan fingerprint density at radius 1 is 0.844 bits per heavy atom. The van der Waals surface area contributed by atoms with Crippen molar-refractivity contribution in [1.82, 2.24) is 16.0 Å². The summed E-state index contributed by atoms with van der Waals surface area (Å²) in [4.78, 5) is 59.5. The van der Waals surface area contributed by atoms with Crippen molar-refractivity contribution >= 4 is 29.7 Å². The first kappa shape index (κ1) is 29.2. The first-order valence-corrected chi connectivity index (χ1v) is 10.3. The second-order valence-electron chi connectivity index (χ2n) is 7.82. The van der Waals surface area contributed by atoms with Gasteiger partial charge >= 0.3 is 11.9 Å². The number of aliphatic carboxylic acids is 2. The van der Waals surface area contributed by atoms with E-state index in [-0.39, 0.29) is 12.3 Å². The summed E-state index contributed by atoms with van der Waals surface area (Å²) in [6, 6.07) is -5.35. The standard InChI is InChI=1S/C19H35N5O8/c1-10(2)7-13(19(31)32)23-17(29)12(8-15(26)27)22-18(30)14(9-25)24-16(28)11(21)5-3-4-6-20/h10-14,25H,3-9,20-21H2,1-2H3,(H,22,30)(H,23,29)(H,24,28)(H,26,27)(H,31,32). The SMILES string of the molecule is CC(C)CC(NC(=O)C(CC(=O)O)NC(=O)C(CO)NC(=O)C(N)CCCCN)C(=O)O. The summed E-state index contributed by atoms with van der Waals surface area (Å²) in [5.74, 6) is -5.56. The van der Waals surface area contributed by atoms with Crippen LogP contribution in [0.4, 0.5) is 0 Å². The number of unbranched alkanes of at least 4 members (excludes halogenated alkanes) is 1. The molecule has 13 heteroatoms. The van der Waals surface area contributed by atoms with E-state index < -0.39 is 66.9 Å². The third-order valence-corrected chi connectivity index (χ3v) is 4.45. The van der Waals surface area contributed by atoms with E-state index >= 15 is 0 Å². The molecular formula is C19H35N5O8. The minimum Gasteiger partial charge on any atom is -0.481 e. The Hall–Kier alpha value is -2.77. The van der Waals surface area contributed by atoms with Gasteiger partial charge in [-0.25, -0.2) is 4.79 Å². The lowest BCUT2D eigenvalue weighted by molar-refractivity contribution is -0.144. The fourth-order valence-electron chi connectivity index (χ4n) is 2.73. The molecule has 0 saturated heterocycles. The summed E-state index contributed by atoms with van der Waals surface area (Å²) in [6.07, 6.45) is 0.801. The zero-order valence-corrected chi connectivity index (χ0v) is 18.4. The fourth-order valence-corrected chi connectivity index (χ4v) is 2.73. The van der Waals surface area contributed by atoms with Crippen LogP contribution in [0.1, 0.15) is 46.0 Å². The van der Waals surface area contributed by atoms with Crippen LogP contribution in [0.5, 0.6) is 0 Å². The molecule has 13 nitrogen and oxygen atoms in total. The highest BCUT2D eigenvalue weighted by molar-refractivity contribution is 5.95. The zero-order chi connectivity index (χ0) is 24.8. The maximum Gasteiger partial charge on any atom is 0.326 e. The molecule has 184 valence electrons. The number of amides is 3. The van der Waals surface area contributed by atoms with Gasteiger partial charge < -0.3 is 42.7 Å². The highest BCUT2D eigenvalue weighted by Crippen LogP contribution is 2.06. The molecule has 3 amide bonds. The second-order valence-corrected chi connectivity index (χ2v) is 7.82. The van der Waals surface area contributed by atoms with E-state index in [9.17, 15) is 34.2 Å². The van der Waals surface area contributed by atoms with Crippen molar-refractivity contribution in [1.29, 1.82) is 0 Å². The quantitative estimate of drug-likeness (QED) is 0.112. The third kappa shape index (κ3) is 11.6. The van der Waals surface area contributed by atoms with Crippen molar-refractivity contribution in [2.75, 3.05) is 13.2 Å². The molecular weight excluding hydrogens is 426 g/mol. The molecule has 0 spiro atoms. The summed E-state index contributed by atoms with van der Waals surface area (Å²) in [7, 11) is 0. The van der Waals surface area contributed by atoms with Crippen LogP contribution in [0.2, 0.25) is 0 Å². The van der Waals surface area contributed by atoms with Gasteiger partial charge in [0.15, 0.2) is 0 Å². The van der Waals surface area contributed by atoms with Crippen LogP contribution in [-0.2, 0) is 24.0 Å². The molecule has 0 aromatic carbocycles. The number of rotatable bonds is 16. The van der Waals surface area contributed by atoms with E-state index in [0.717, 1.165) is 0 Å². The van der Waals surface area contributed by atoms with Gasteiger partial charge in [-0.15, -0.1) is 0 Å². The molecule has 0 radical (unpaired) electrons. The highest BCUT2D eigenvalue weighted by atomic mass is 16.4. The number of nitrogens with two attached hydrogens (primary N) is 2. The van der Waals surface area contributed by atoms with Crippen molar-refractivity contribution < 1.29 is 39.3 Å². The van der Waals surface area contributed by atoms with Crippen molar-refractivity contribution in [2.24, 2.45) is 17.4 Å². The number of carbonyl (C=O) groups is 5. The van der Waals surface area contributed by atoms with Crippen LogP contribution in [0.25, 0.3) is 0 Å². The molecule has 4 atom stereocenters. The lowest BCUT2D eigenvalue weighted by Gasteiger charge is -2.24. The normalized spacial score (nSPS) is 14.7. The molecule has 0 bridgehead atoms. The summed E-state index contributed by atoms with van der Waals surface area (Å²) < 4.78 is 0. The van der Waals surface area contributed by atoms with E-state index in [1.807, 2.05) is 0 Å². The van der Waals surface area contributed by atoms with Crippen LogP contribution in [0.3, 0.4) is 0 Å². The number of carboxylic acid groups (broad SMARTS) is 2. The predicted octanol–water partition coefficient (Wildman–Crippen LogP) is -2.51. The van der Waals surface area contributed by atoms with Crippen LogP contribution >= 0.6 is 0 Å². The van der Waals surface area contributed by atoms with Crippen LogP contribution in [0.15, 0.2) is 0 Å². The highest BCUT2D eigenvalue weighted by Gasteiger charge is 2.31. The van der Waals surface area contributed by atoms with Crippen molar-refractivity contribution in [3.8, 4) is 0 Å². The Labute approximate surface area is 186 Å². The maximum atomic E-state index is 12.5. The average molecular weight is 462 g/mol. The Balaban J connectivity index is 5.19. The number of carboxylic acids is 2. The van der Waals surface area contributed by atoms with Gasteiger partial charge in [-0.05, 0) is 31.7 Å². The molecule has 0 rings (SSSR count). The topological polar surface area (TPSA) is 234 Å². The zero-order valence-electron chi connectivity index (χ0n) is 18.4. The Morgan fingerprint density at radius 3 is 1.84 bits per heavy atom. The van der Waals surface area contributed by atoms with Crippen molar-refractivity contribution in [3.63, 3.8) is 0 Å². The van der Waals surface area contributed by atoms with E-state index in [1.54, 1.807) is 13.8 Å². The lowest BCUT2D eigenvalue weighted by Crippen LogP contribution is -2.58. The third-order valence-electron chi connectivity index (χ3n) is 4.45. The molecule has 0 aliphatic rings. The lowest BCUT2D eigenvalue weighted by atomic mass is 10.0. The molecule has 10 N–H and O–H groups in total. The molecule has 0 aliphatic heterocycles. The summed E-state index contributed by atoms with van der Waals surface area (Å²) in [6.45, 7) is 3.09. The summed E-state index contributed by atoms with van der Waals surface area (Å²) >= 11 is 0. The fraction of sp³-hybridized carbons (Fsp3) is 0.737. The van der Waals surface area contributed by atoms with Crippen LogP contribution in [0, 0.1) is 5.92 Å². The number of hydrogen-bond acceptors (Lipinski definition) is 8. The molecule has 0 aliphatic carbocycles. The maximum absolute atomic E-state index is 12.5. The Bertz CT molecular complexity index is 658. The van der Waals surface area contributed by atoms with Gasteiger partial charge in [-0.2, -0.15) is 0 Å². The summed E-state index contributed by atoms with van der Waals surface area (Å²) in [5, 5.41) is 34.4. The van der Waals surface area contributed by atoms with Crippen LogP contribution in [-0.4, -0.2) is 82.3 Å². The van der Waals surface area contributed by atoms with Gasteiger partial charge in [0.25, 0.3) is 0 Å². The number of aliphatic hydroxyl groups is 1. The Kier molecular flexibility index (Phi) is 13.8. The molecule has 0 aromatic heterocycles. The van der Waals surface area contributed by atoms with E-state index in [4.69, 9.17) is 16.6 Å². The number of hydrogen-bond donors (Lipinski definition) is 8. The largest absolute Gasteiger partial charge is 0.481 e. The molecule has 32 heavy (non-hydrogen) atoms. The number of aliphatic hydroxyl groups excluding tert-OH is 1. The van der Waals surface area contributed by atoms with E-state index in [1.165, 1.54) is 0 Å². The van der Waals surface area contributed by atoms with Crippen LogP contribution < -0.4 is 27.4 Å². The monoisotopic (exact) mass is 461 g/mol. The van der Waals surface area contributed by atoms with Crippen molar-refractivity contribution in [2.45, 2.75) is 70.1 Å². The number of carbonyl (C=O) groups excluding carboxylic acids is 3. The van der Waals surface area contributed by atoms with Gasteiger partial charge in [-0.1, -0.05) is 20.3 Å². The minimum atomic E-state index is -1.63. The first-order chi connectivity index (χ1) is 14.9. The predicted molar refractivity (Wildman–Crippen MR) is 113 cm³/mol. The molecule has 0 saturated carbocycles. The minimum absolute atomic E-state index is 0.0769. The van der Waals surface area contributed by atoms with Gasteiger partial charge in [0.1, 0.15) is 18.1 Å². The van der Waals surface area contributed by atoms with E-state index in [0.29, 0.717) is 25.8 Å². The van der Waals surface area contributed by atoms with Gasteiger partial charge in [0.2, 0.25) is 17.7 Å². The molecule has 0 heterocycles. The van der Waals surface area contributed by atoms with E-state index in [2.05, 4.69) is 16.0 Å². The Morgan fingerprint density at radius 2 is 1.38 bits per heavy atom. The summed E-state index contributed by atoms with van der Waals surface area (Å²) in [5.41, 5.74) is 11.1. The average Bonchev–Trinajstić information content (AvgIpc) is 2.69. The number of nitrogens with one attached hydrogen (secondary N) is 3. The van der Waals surface area contributed by atoms with Gasteiger partial charge in [0.05, 0.1) is 19.1 Å². The van der Waals surface area contributed by atoms with Gasteiger partial charge in [0, 0.05) is 0 Å². The molecule has 0 fully saturated rings. The smallest absolute Gasteiger partial charge is 0.326 e. The molecule has 4 unspecified atom stereocenters. The second kappa shape index (κ2) is 15.1. The molecule has 0 aromatic rings. The van der Waals surface area contributed by atoms with Crippen molar-refractivity contribution in [3.05, 3.63) is 0 Å². The van der Waals surface area contributed by atoms with Gasteiger partial charge in [-0.3, -0.25) is 19.2 Å². The first-order valence-electron chi connectivity index (χ1n) is 10.3.